The Morgan fingerprint density at radius 3 is 2.22 bits per heavy atom. The summed E-state index contributed by atoms with van der Waals surface area (Å²) >= 11 is 0. The molecule has 2 saturated heterocycles. The van der Waals surface area contributed by atoms with Gasteiger partial charge in [0.05, 0.1) is 0 Å². The van der Waals surface area contributed by atoms with Crippen LogP contribution in [-0.4, -0.2) is 73.1 Å². The first-order valence-electron chi connectivity index (χ1n) is 7.61. The van der Waals surface area contributed by atoms with Crippen LogP contribution in [-0.2, 0) is 0 Å². The molecule has 18 heavy (non-hydrogen) atoms. The van der Waals surface area contributed by atoms with Crippen molar-refractivity contribution >= 4 is 0 Å². The van der Waals surface area contributed by atoms with Gasteiger partial charge in [-0.15, -0.1) is 0 Å². The first-order valence-corrected chi connectivity index (χ1v) is 7.61. The van der Waals surface area contributed by atoms with E-state index in [1.807, 2.05) is 0 Å². The maximum Gasteiger partial charge on any atom is 0.0126 e. The quantitative estimate of drug-likeness (QED) is 0.742. The van der Waals surface area contributed by atoms with E-state index in [1.54, 1.807) is 0 Å². The second-order valence-corrected chi connectivity index (χ2v) is 7.23. The Morgan fingerprint density at radius 2 is 1.67 bits per heavy atom. The molecule has 3 nitrogen and oxygen atoms in total. The molecule has 0 radical (unpaired) electrons. The van der Waals surface area contributed by atoms with E-state index >= 15 is 0 Å². The Balaban J connectivity index is 1.73. The Morgan fingerprint density at radius 1 is 1.00 bits per heavy atom. The summed E-state index contributed by atoms with van der Waals surface area (Å²) in [6, 6.07) is 0. The molecule has 0 amide bonds. The van der Waals surface area contributed by atoms with Crippen LogP contribution in [0.3, 0.4) is 0 Å². The molecule has 2 rings (SSSR count). The molecule has 0 aliphatic carbocycles. The van der Waals surface area contributed by atoms with Crippen LogP contribution in [0.25, 0.3) is 0 Å². The molecular formula is C15H31N3. The lowest BCUT2D eigenvalue weighted by Crippen LogP contribution is -2.54. The van der Waals surface area contributed by atoms with Gasteiger partial charge in [-0.05, 0) is 53.1 Å². The number of hydrogen-bond acceptors (Lipinski definition) is 3. The average molecular weight is 253 g/mol. The number of piperidine rings is 1. The molecule has 0 aromatic rings. The fourth-order valence-corrected chi connectivity index (χ4v) is 3.39. The third-order valence-corrected chi connectivity index (χ3v) is 4.56. The molecule has 1 unspecified atom stereocenters. The molecule has 0 saturated carbocycles. The number of piperazine rings is 1. The van der Waals surface area contributed by atoms with Crippen molar-refractivity contribution in [2.75, 3.05) is 52.9 Å². The molecule has 1 atom stereocenters. The number of hydrogen-bond donors (Lipinski definition) is 0. The summed E-state index contributed by atoms with van der Waals surface area (Å²) in [4.78, 5) is 7.81. The first-order chi connectivity index (χ1) is 8.45. The fraction of sp³-hybridized carbons (Fsp3) is 1.00. The van der Waals surface area contributed by atoms with Crippen molar-refractivity contribution in [3.63, 3.8) is 0 Å². The van der Waals surface area contributed by atoms with Gasteiger partial charge in [0.1, 0.15) is 0 Å². The van der Waals surface area contributed by atoms with E-state index in [2.05, 4.69) is 42.5 Å². The Kier molecular flexibility index (Phi) is 4.68. The van der Waals surface area contributed by atoms with Crippen molar-refractivity contribution < 1.29 is 0 Å². The highest BCUT2D eigenvalue weighted by Crippen LogP contribution is 2.19. The average Bonchev–Trinajstić information content (AvgIpc) is 2.28. The second kappa shape index (κ2) is 5.89. The third kappa shape index (κ3) is 3.94. The van der Waals surface area contributed by atoms with Gasteiger partial charge in [-0.25, -0.2) is 0 Å². The predicted molar refractivity (Wildman–Crippen MR) is 78.0 cm³/mol. The molecule has 0 N–H and O–H groups in total. The number of likely N-dealkylation sites (tertiary alicyclic amines) is 1. The number of nitrogens with zero attached hydrogens (tertiary/aromatic N) is 3. The predicted octanol–water partition coefficient (Wildman–Crippen LogP) is 1.74. The van der Waals surface area contributed by atoms with E-state index in [-0.39, 0.29) is 0 Å². The summed E-state index contributed by atoms with van der Waals surface area (Å²) in [5.74, 6) is 0.907. The van der Waals surface area contributed by atoms with E-state index in [0.717, 1.165) is 5.92 Å². The summed E-state index contributed by atoms with van der Waals surface area (Å²) in [6.45, 7) is 15.9. The molecule has 0 spiro atoms. The summed E-state index contributed by atoms with van der Waals surface area (Å²) in [5, 5.41) is 0. The molecule has 106 valence electrons. The molecule has 0 bridgehead atoms. The van der Waals surface area contributed by atoms with Crippen molar-refractivity contribution in [2.24, 2.45) is 5.92 Å². The van der Waals surface area contributed by atoms with Gasteiger partial charge in [0, 0.05) is 44.8 Å². The van der Waals surface area contributed by atoms with E-state index in [4.69, 9.17) is 0 Å². The Bertz CT molecular complexity index is 251. The molecule has 2 fully saturated rings. The smallest absolute Gasteiger partial charge is 0.0126 e. The van der Waals surface area contributed by atoms with Crippen LogP contribution in [0, 0.1) is 5.92 Å². The van der Waals surface area contributed by atoms with Crippen LogP contribution in [0.15, 0.2) is 0 Å². The second-order valence-electron chi connectivity index (χ2n) is 7.23. The van der Waals surface area contributed by atoms with Crippen molar-refractivity contribution in [3.05, 3.63) is 0 Å². The van der Waals surface area contributed by atoms with Crippen molar-refractivity contribution in [2.45, 2.75) is 39.2 Å². The number of rotatable bonds is 2. The van der Waals surface area contributed by atoms with Gasteiger partial charge in [0.2, 0.25) is 0 Å². The summed E-state index contributed by atoms with van der Waals surface area (Å²) < 4.78 is 0. The molecule has 0 aromatic carbocycles. The first kappa shape index (κ1) is 14.3. The van der Waals surface area contributed by atoms with Gasteiger partial charge < -0.3 is 9.80 Å². The minimum atomic E-state index is 0.344. The van der Waals surface area contributed by atoms with Gasteiger partial charge in [0.25, 0.3) is 0 Å². The molecular weight excluding hydrogens is 222 g/mol. The molecule has 3 heteroatoms. The van der Waals surface area contributed by atoms with Crippen molar-refractivity contribution in [3.8, 4) is 0 Å². The van der Waals surface area contributed by atoms with Gasteiger partial charge >= 0.3 is 0 Å². The van der Waals surface area contributed by atoms with Crippen molar-refractivity contribution in [1.82, 2.24) is 14.7 Å². The summed E-state index contributed by atoms with van der Waals surface area (Å²) in [7, 11) is 2.27. The van der Waals surface area contributed by atoms with Crippen LogP contribution < -0.4 is 0 Å². The lowest BCUT2D eigenvalue weighted by Gasteiger charge is -2.43. The maximum absolute atomic E-state index is 2.69. The van der Waals surface area contributed by atoms with Gasteiger partial charge in [0.15, 0.2) is 0 Å². The topological polar surface area (TPSA) is 9.72 Å². The molecule has 2 aliphatic rings. The normalized spacial score (nSPS) is 29.7. The molecule has 2 aliphatic heterocycles. The van der Waals surface area contributed by atoms with Crippen LogP contribution in [0.5, 0.6) is 0 Å². The van der Waals surface area contributed by atoms with Crippen LogP contribution in [0.2, 0.25) is 0 Å². The standard InChI is InChI=1S/C15H31N3/c1-15(2,3)18-10-8-17(9-11-18)13-14-6-5-7-16(4)12-14/h14H,5-13H2,1-4H3. The van der Waals surface area contributed by atoms with E-state index in [1.165, 1.54) is 58.7 Å². The van der Waals surface area contributed by atoms with Crippen molar-refractivity contribution in [1.29, 1.82) is 0 Å². The monoisotopic (exact) mass is 253 g/mol. The molecule has 0 aromatic heterocycles. The van der Waals surface area contributed by atoms with E-state index in [0.29, 0.717) is 5.54 Å². The zero-order valence-corrected chi connectivity index (χ0v) is 12.8. The zero-order chi connectivity index (χ0) is 13.2. The van der Waals surface area contributed by atoms with E-state index in [9.17, 15) is 0 Å². The zero-order valence-electron chi connectivity index (χ0n) is 12.8. The summed E-state index contributed by atoms with van der Waals surface area (Å²) in [6.07, 6.45) is 2.83. The third-order valence-electron chi connectivity index (χ3n) is 4.56. The van der Waals surface area contributed by atoms with Gasteiger partial charge in [-0.3, -0.25) is 4.90 Å². The lowest BCUT2D eigenvalue weighted by molar-refractivity contribution is 0.0479. The van der Waals surface area contributed by atoms with Crippen LogP contribution in [0.4, 0.5) is 0 Å². The van der Waals surface area contributed by atoms with Gasteiger partial charge in [-0.2, -0.15) is 0 Å². The lowest BCUT2D eigenvalue weighted by atomic mass is 9.97. The summed E-state index contributed by atoms with van der Waals surface area (Å²) in [5.41, 5.74) is 0.344. The Labute approximate surface area is 113 Å². The fourth-order valence-electron chi connectivity index (χ4n) is 3.39. The van der Waals surface area contributed by atoms with Gasteiger partial charge in [-0.1, -0.05) is 0 Å². The maximum atomic E-state index is 2.69. The van der Waals surface area contributed by atoms with Crippen LogP contribution >= 0.6 is 0 Å². The molecule has 2 heterocycles. The SMILES string of the molecule is CN1CCCC(CN2CCN(C(C)(C)C)CC2)C1. The minimum absolute atomic E-state index is 0.344. The highest BCUT2D eigenvalue weighted by molar-refractivity contribution is 4.83. The largest absolute Gasteiger partial charge is 0.306 e. The van der Waals surface area contributed by atoms with Crippen LogP contribution in [0.1, 0.15) is 33.6 Å². The van der Waals surface area contributed by atoms with E-state index < -0.39 is 0 Å². The highest BCUT2D eigenvalue weighted by Gasteiger charge is 2.27. The highest BCUT2D eigenvalue weighted by atomic mass is 15.3. The minimum Gasteiger partial charge on any atom is -0.306 e. The Hall–Kier alpha value is -0.120.